The van der Waals surface area contributed by atoms with Gasteiger partial charge in [0.15, 0.2) is 0 Å². The lowest BCUT2D eigenvalue weighted by Gasteiger charge is -2.18. The van der Waals surface area contributed by atoms with E-state index in [2.05, 4.69) is 0 Å². The highest BCUT2D eigenvalue weighted by molar-refractivity contribution is 6.33. The molecule has 0 aliphatic carbocycles. The maximum absolute atomic E-state index is 13.3. The molecule has 0 aromatic heterocycles. The number of hydrogen-bond acceptors (Lipinski definition) is 3. The lowest BCUT2D eigenvalue weighted by atomic mass is 10.1. The number of aliphatic imine (C=N–C) groups is 1. The Hall–Kier alpha value is -3.66. The highest BCUT2D eigenvalue weighted by Gasteiger charge is 2.32. The third-order valence-corrected chi connectivity index (χ3v) is 4.65. The fourth-order valence-electron chi connectivity index (χ4n) is 3.30. The predicted octanol–water partition coefficient (Wildman–Crippen LogP) is 5.23. The van der Waals surface area contributed by atoms with E-state index in [-0.39, 0.29) is 5.91 Å². The van der Waals surface area contributed by atoms with Crippen LogP contribution in [0, 0.1) is 6.92 Å². The number of ether oxygens (including phenoxy) is 1. The third kappa shape index (κ3) is 3.97. The SMILES string of the molecule is CCOc1ccc(/C=C2/N=C(c3cccc(C)c3)N(c3ccccc3)C2=O)cc1. The van der Waals surface area contributed by atoms with E-state index in [0.717, 1.165) is 28.1 Å². The number of carbonyl (C=O) groups is 1. The summed E-state index contributed by atoms with van der Waals surface area (Å²) >= 11 is 0. The van der Waals surface area contributed by atoms with E-state index in [1.807, 2.05) is 98.8 Å². The quantitative estimate of drug-likeness (QED) is 0.567. The standard InChI is InChI=1S/C25H22N2O2/c1-3-29-22-14-12-19(13-15-22)17-23-25(28)27(21-10-5-4-6-11-21)24(26-23)20-9-7-8-18(2)16-20/h4-17H,3H2,1-2H3/b23-17+. The Bertz CT molecular complexity index is 1080. The second-order valence-corrected chi connectivity index (χ2v) is 6.81. The van der Waals surface area contributed by atoms with Crippen LogP contribution < -0.4 is 9.64 Å². The molecule has 1 heterocycles. The van der Waals surface area contributed by atoms with Crippen LogP contribution in [0.2, 0.25) is 0 Å². The molecule has 0 N–H and O–H groups in total. The van der Waals surface area contributed by atoms with Gasteiger partial charge in [-0.15, -0.1) is 0 Å². The van der Waals surface area contributed by atoms with Crippen molar-refractivity contribution in [2.45, 2.75) is 13.8 Å². The van der Waals surface area contributed by atoms with E-state index >= 15 is 0 Å². The predicted molar refractivity (Wildman–Crippen MR) is 117 cm³/mol. The van der Waals surface area contributed by atoms with Gasteiger partial charge in [-0.3, -0.25) is 9.69 Å². The fourth-order valence-corrected chi connectivity index (χ4v) is 3.30. The number of carbonyl (C=O) groups excluding carboxylic acids is 1. The molecular formula is C25H22N2O2. The number of benzene rings is 3. The molecule has 29 heavy (non-hydrogen) atoms. The van der Waals surface area contributed by atoms with E-state index in [9.17, 15) is 4.79 Å². The van der Waals surface area contributed by atoms with Crippen molar-refractivity contribution in [3.05, 3.63) is 101 Å². The molecule has 3 aromatic carbocycles. The van der Waals surface area contributed by atoms with E-state index in [0.29, 0.717) is 18.1 Å². The molecule has 1 aliphatic heterocycles. The zero-order valence-electron chi connectivity index (χ0n) is 16.5. The van der Waals surface area contributed by atoms with Crippen molar-refractivity contribution in [1.82, 2.24) is 0 Å². The molecule has 0 saturated heterocycles. The van der Waals surface area contributed by atoms with Crippen molar-refractivity contribution in [1.29, 1.82) is 0 Å². The maximum atomic E-state index is 13.3. The molecule has 1 aliphatic rings. The summed E-state index contributed by atoms with van der Waals surface area (Å²) in [6.45, 7) is 4.60. The molecule has 4 rings (SSSR count). The van der Waals surface area contributed by atoms with Crippen molar-refractivity contribution in [3.8, 4) is 5.75 Å². The molecule has 0 radical (unpaired) electrons. The van der Waals surface area contributed by atoms with Gasteiger partial charge in [-0.1, -0.05) is 54.1 Å². The van der Waals surface area contributed by atoms with Gasteiger partial charge < -0.3 is 4.74 Å². The Kier molecular flexibility index (Phi) is 5.25. The molecule has 0 atom stereocenters. The summed E-state index contributed by atoms with van der Waals surface area (Å²) in [5.74, 6) is 1.31. The van der Waals surface area contributed by atoms with Crippen LogP contribution in [-0.4, -0.2) is 18.3 Å². The van der Waals surface area contributed by atoms with Gasteiger partial charge in [0.1, 0.15) is 17.3 Å². The normalized spacial score (nSPS) is 15.0. The van der Waals surface area contributed by atoms with E-state index in [1.165, 1.54) is 0 Å². The summed E-state index contributed by atoms with van der Waals surface area (Å²) in [5.41, 5.74) is 4.15. The number of amides is 1. The van der Waals surface area contributed by atoms with Gasteiger partial charge in [-0.05, 0) is 55.8 Å². The number of hydrogen-bond donors (Lipinski definition) is 0. The number of para-hydroxylation sites is 1. The van der Waals surface area contributed by atoms with Crippen molar-refractivity contribution in [2.24, 2.45) is 4.99 Å². The molecule has 0 bridgehead atoms. The number of anilines is 1. The number of aryl methyl sites for hydroxylation is 1. The molecular weight excluding hydrogens is 360 g/mol. The lowest BCUT2D eigenvalue weighted by molar-refractivity contribution is -0.113. The summed E-state index contributed by atoms with van der Waals surface area (Å²) in [4.78, 5) is 19.7. The third-order valence-electron chi connectivity index (χ3n) is 4.65. The number of rotatable bonds is 5. The Labute approximate surface area is 170 Å². The zero-order valence-corrected chi connectivity index (χ0v) is 16.5. The molecule has 0 fully saturated rings. The second-order valence-electron chi connectivity index (χ2n) is 6.81. The van der Waals surface area contributed by atoms with Crippen LogP contribution in [0.1, 0.15) is 23.6 Å². The monoisotopic (exact) mass is 382 g/mol. The maximum Gasteiger partial charge on any atom is 0.282 e. The van der Waals surface area contributed by atoms with E-state index in [1.54, 1.807) is 4.90 Å². The molecule has 0 saturated carbocycles. The minimum atomic E-state index is -0.137. The average Bonchev–Trinajstić information content (AvgIpc) is 3.06. The van der Waals surface area contributed by atoms with Gasteiger partial charge in [0, 0.05) is 5.56 Å². The van der Waals surface area contributed by atoms with Crippen LogP contribution in [0.5, 0.6) is 5.75 Å². The van der Waals surface area contributed by atoms with Crippen molar-refractivity contribution in [2.75, 3.05) is 11.5 Å². The molecule has 1 amide bonds. The summed E-state index contributed by atoms with van der Waals surface area (Å²) in [6, 6.07) is 25.3. The van der Waals surface area contributed by atoms with Gasteiger partial charge in [0.05, 0.1) is 12.3 Å². The molecule has 144 valence electrons. The first-order valence-electron chi connectivity index (χ1n) is 9.65. The summed E-state index contributed by atoms with van der Waals surface area (Å²) in [5, 5.41) is 0. The first kappa shape index (κ1) is 18.7. The van der Waals surface area contributed by atoms with Crippen LogP contribution in [0.4, 0.5) is 5.69 Å². The number of nitrogens with zero attached hydrogens (tertiary/aromatic N) is 2. The van der Waals surface area contributed by atoms with Crippen molar-refractivity contribution >= 4 is 23.5 Å². The number of amidine groups is 1. The van der Waals surface area contributed by atoms with Crippen LogP contribution in [0.25, 0.3) is 6.08 Å². The van der Waals surface area contributed by atoms with Gasteiger partial charge in [-0.25, -0.2) is 4.99 Å². The highest BCUT2D eigenvalue weighted by Crippen LogP contribution is 2.28. The van der Waals surface area contributed by atoms with Gasteiger partial charge >= 0.3 is 0 Å². The topological polar surface area (TPSA) is 41.9 Å². The Balaban J connectivity index is 1.76. The van der Waals surface area contributed by atoms with Gasteiger partial charge in [0.25, 0.3) is 5.91 Å². The minimum Gasteiger partial charge on any atom is -0.494 e. The lowest BCUT2D eigenvalue weighted by Crippen LogP contribution is -2.32. The Morgan fingerprint density at radius 1 is 0.966 bits per heavy atom. The molecule has 0 unspecified atom stereocenters. The van der Waals surface area contributed by atoms with E-state index in [4.69, 9.17) is 9.73 Å². The zero-order chi connectivity index (χ0) is 20.2. The Morgan fingerprint density at radius 3 is 2.41 bits per heavy atom. The van der Waals surface area contributed by atoms with Crippen molar-refractivity contribution < 1.29 is 9.53 Å². The van der Waals surface area contributed by atoms with Gasteiger partial charge in [-0.2, -0.15) is 0 Å². The van der Waals surface area contributed by atoms with Crippen LogP contribution in [-0.2, 0) is 4.79 Å². The fraction of sp³-hybridized carbons (Fsp3) is 0.120. The van der Waals surface area contributed by atoms with E-state index < -0.39 is 0 Å². The highest BCUT2D eigenvalue weighted by atomic mass is 16.5. The first-order valence-corrected chi connectivity index (χ1v) is 9.65. The molecule has 4 heteroatoms. The summed E-state index contributed by atoms with van der Waals surface area (Å²) < 4.78 is 5.49. The van der Waals surface area contributed by atoms with Gasteiger partial charge in [0.2, 0.25) is 0 Å². The van der Waals surface area contributed by atoms with Crippen molar-refractivity contribution in [3.63, 3.8) is 0 Å². The molecule has 0 spiro atoms. The summed E-state index contributed by atoms with van der Waals surface area (Å²) in [7, 11) is 0. The first-order chi connectivity index (χ1) is 14.2. The smallest absolute Gasteiger partial charge is 0.282 e. The van der Waals surface area contributed by atoms with Crippen LogP contribution in [0.3, 0.4) is 0 Å². The molecule has 3 aromatic rings. The molecule has 4 nitrogen and oxygen atoms in total. The van der Waals surface area contributed by atoms with Crippen LogP contribution >= 0.6 is 0 Å². The summed E-state index contributed by atoms with van der Waals surface area (Å²) in [6.07, 6.45) is 1.82. The average molecular weight is 382 g/mol. The minimum absolute atomic E-state index is 0.137. The second kappa shape index (κ2) is 8.15. The largest absolute Gasteiger partial charge is 0.494 e. The van der Waals surface area contributed by atoms with Crippen LogP contribution in [0.15, 0.2) is 89.6 Å². The Morgan fingerprint density at radius 2 is 1.72 bits per heavy atom.